The highest BCUT2D eigenvalue weighted by Gasteiger charge is 2.51. The maximum absolute atomic E-state index is 5.13. The summed E-state index contributed by atoms with van der Waals surface area (Å²) in [7, 11) is 0. The fourth-order valence-corrected chi connectivity index (χ4v) is 9.83. The molecule has 0 amide bonds. The molecule has 0 bridgehead atoms. The van der Waals surface area contributed by atoms with Crippen molar-refractivity contribution in [3.05, 3.63) is 226 Å². The van der Waals surface area contributed by atoms with Gasteiger partial charge in [-0.3, -0.25) is 0 Å². The average Bonchev–Trinajstić information content (AvgIpc) is 3.69. The molecular weight excluding hydrogens is 816 g/mol. The number of rotatable bonds is 6. The van der Waals surface area contributed by atoms with Crippen LogP contribution in [0, 0.1) is 0 Å². The van der Waals surface area contributed by atoms with E-state index in [4.69, 9.17) is 16.5 Å². The van der Waals surface area contributed by atoms with Gasteiger partial charge in [-0.1, -0.05) is 199 Å². The lowest BCUT2D eigenvalue weighted by molar-refractivity contribution is 0.770. The minimum Gasteiger partial charge on any atom is -0.228 e. The van der Waals surface area contributed by atoms with Gasteiger partial charge in [-0.05, 0) is 108 Å². The van der Waals surface area contributed by atoms with Crippen LogP contribution in [0.4, 0.5) is 0 Å². The van der Waals surface area contributed by atoms with Crippen LogP contribution in [-0.2, 0) is 5.41 Å². The first-order valence-corrected chi connectivity index (χ1v) is 20.9. The van der Waals surface area contributed by atoms with Crippen LogP contribution in [0.15, 0.2) is 204 Å². The summed E-state index contributed by atoms with van der Waals surface area (Å²) in [5.74, 6) is 0.706. The quantitative estimate of drug-likeness (QED) is 0.156. The first-order chi connectivity index (χ1) is 28.4. The molecular formula is C55H39IN2. The number of aromatic nitrogens is 2. The molecule has 0 aliphatic heterocycles. The van der Waals surface area contributed by atoms with Crippen LogP contribution in [0.5, 0.6) is 0 Å². The number of allylic oxidation sites excluding steroid dienone is 4. The minimum absolute atomic E-state index is 0.351. The van der Waals surface area contributed by atoms with E-state index < -0.39 is 0 Å². The third kappa shape index (κ3) is 5.83. The fourth-order valence-electron chi connectivity index (χ4n) is 9.12. The molecule has 1 aromatic heterocycles. The molecule has 2 aliphatic carbocycles. The molecule has 7 aromatic carbocycles. The molecule has 3 heteroatoms. The zero-order chi connectivity index (χ0) is 39.4. The van der Waals surface area contributed by atoms with Crippen LogP contribution in [0.3, 0.4) is 0 Å². The summed E-state index contributed by atoms with van der Waals surface area (Å²) in [6, 6.07) is 65.0. The molecule has 2 nitrogen and oxygen atoms in total. The molecule has 1 atom stereocenters. The van der Waals surface area contributed by atoms with Gasteiger partial charge in [0, 0.05) is 16.7 Å². The Balaban J connectivity index is 0.993. The van der Waals surface area contributed by atoms with E-state index in [0.29, 0.717) is 5.82 Å². The lowest BCUT2D eigenvalue weighted by Gasteiger charge is -2.31. The Hall–Kier alpha value is -6.43. The molecule has 0 fully saturated rings. The molecule has 58 heavy (non-hydrogen) atoms. The Bertz CT molecular complexity index is 2960. The normalized spacial score (nSPS) is 16.3. The van der Waals surface area contributed by atoms with Crippen molar-refractivity contribution < 1.29 is 0 Å². The summed E-state index contributed by atoms with van der Waals surface area (Å²) >= 11 is 2.38. The van der Waals surface area contributed by atoms with E-state index in [9.17, 15) is 0 Å². The van der Waals surface area contributed by atoms with Crippen LogP contribution < -0.4 is 0 Å². The summed E-state index contributed by atoms with van der Waals surface area (Å²) < 4.78 is 2.20. The Kier molecular flexibility index (Phi) is 8.99. The highest BCUT2D eigenvalue weighted by Crippen LogP contribution is 2.62. The summed E-state index contributed by atoms with van der Waals surface area (Å²) in [4.78, 5) is 10.2. The summed E-state index contributed by atoms with van der Waals surface area (Å²) in [5, 5.41) is 0. The van der Waals surface area contributed by atoms with Crippen LogP contribution in [0.1, 0.15) is 36.1 Å². The van der Waals surface area contributed by atoms with Crippen molar-refractivity contribution in [2.24, 2.45) is 0 Å². The van der Waals surface area contributed by atoms with Crippen molar-refractivity contribution in [2.45, 2.75) is 19.3 Å². The van der Waals surface area contributed by atoms with Gasteiger partial charge in [0.05, 0.1) is 16.8 Å². The van der Waals surface area contributed by atoms with Crippen LogP contribution in [0.25, 0.3) is 78.4 Å². The molecule has 276 valence electrons. The Labute approximate surface area is 354 Å². The van der Waals surface area contributed by atoms with Crippen LogP contribution >= 0.6 is 22.6 Å². The SMILES string of the molecule is C=C1/C(=C\I)c2ccccc2C12C(C)=C(C)c1ccc(-c3ccc(-c4cccc(-c5cc(-c6ccc(-c7ccccc7)cc6)nc(-c6ccccc6)n5)c4)cc3)cc12. The molecule has 1 spiro atoms. The topological polar surface area (TPSA) is 25.8 Å². The van der Waals surface area contributed by atoms with Crippen molar-refractivity contribution in [1.82, 2.24) is 9.97 Å². The van der Waals surface area contributed by atoms with Crippen molar-refractivity contribution >= 4 is 33.7 Å². The second kappa shape index (κ2) is 14.5. The summed E-state index contributed by atoms with van der Waals surface area (Å²) in [5.41, 5.74) is 21.9. The van der Waals surface area contributed by atoms with E-state index in [1.54, 1.807) is 0 Å². The number of nitrogens with zero attached hydrogens (tertiary/aromatic N) is 2. The van der Waals surface area contributed by atoms with Gasteiger partial charge >= 0.3 is 0 Å². The van der Waals surface area contributed by atoms with Gasteiger partial charge in [-0.2, -0.15) is 0 Å². The van der Waals surface area contributed by atoms with Crippen LogP contribution in [0.2, 0.25) is 0 Å². The smallest absolute Gasteiger partial charge is 0.160 e. The molecule has 0 saturated carbocycles. The van der Waals surface area contributed by atoms with Crippen molar-refractivity contribution in [3.63, 3.8) is 0 Å². The Morgan fingerprint density at radius 3 is 1.62 bits per heavy atom. The van der Waals surface area contributed by atoms with Gasteiger partial charge in [0.25, 0.3) is 0 Å². The number of hydrogen-bond donors (Lipinski definition) is 0. The largest absolute Gasteiger partial charge is 0.228 e. The van der Waals surface area contributed by atoms with E-state index in [1.807, 2.05) is 24.3 Å². The molecule has 1 unspecified atom stereocenters. The lowest BCUT2D eigenvalue weighted by Crippen LogP contribution is -2.26. The summed E-state index contributed by atoms with van der Waals surface area (Å²) in [6.45, 7) is 9.32. The van der Waals surface area contributed by atoms with E-state index >= 15 is 0 Å². The average molecular weight is 855 g/mol. The maximum Gasteiger partial charge on any atom is 0.160 e. The van der Waals surface area contributed by atoms with Gasteiger partial charge < -0.3 is 0 Å². The zero-order valence-electron chi connectivity index (χ0n) is 32.4. The van der Waals surface area contributed by atoms with Gasteiger partial charge in [-0.15, -0.1) is 0 Å². The van der Waals surface area contributed by atoms with Gasteiger partial charge in [0.15, 0.2) is 5.82 Å². The predicted molar refractivity (Wildman–Crippen MR) is 251 cm³/mol. The van der Waals surface area contributed by atoms with E-state index in [1.165, 1.54) is 66.8 Å². The van der Waals surface area contributed by atoms with Gasteiger partial charge in [0.1, 0.15) is 0 Å². The number of hydrogen-bond acceptors (Lipinski definition) is 2. The third-order valence-corrected chi connectivity index (χ3v) is 12.8. The molecule has 0 radical (unpaired) electrons. The highest BCUT2D eigenvalue weighted by atomic mass is 127. The molecule has 1 heterocycles. The monoisotopic (exact) mass is 854 g/mol. The summed E-state index contributed by atoms with van der Waals surface area (Å²) in [6.07, 6.45) is 0. The second-order valence-corrected chi connectivity index (χ2v) is 15.9. The standard InChI is InChI=1S/C55H39IN2/c1-35-36(2)55(37(3)49(34-56)48-19-10-11-20-50(48)55)51-32-45(29-30-47(35)51)41-23-21-40(22-24-41)44-17-12-18-46(31-44)53-33-52(57-54(58-53)43-15-8-5-9-16-43)42-27-25-39(26-28-42)38-13-6-4-7-14-38/h4-34H,3H2,1-2H3/b49-34+. The fraction of sp³-hybridized carbons (Fsp3) is 0.0545. The highest BCUT2D eigenvalue weighted by molar-refractivity contribution is 14.1. The van der Waals surface area contributed by atoms with Gasteiger partial charge in [0.2, 0.25) is 0 Å². The second-order valence-electron chi connectivity index (χ2n) is 15.2. The first kappa shape index (κ1) is 35.9. The maximum atomic E-state index is 5.13. The van der Waals surface area contributed by atoms with Crippen molar-refractivity contribution in [2.75, 3.05) is 0 Å². The lowest BCUT2D eigenvalue weighted by atomic mass is 9.70. The van der Waals surface area contributed by atoms with E-state index in [0.717, 1.165) is 39.2 Å². The van der Waals surface area contributed by atoms with E-state index in [-0.39, 0.29) is 5.41 Å². The Morgan fingerprint density at radius 2 is 0.948 bits per heavy atom. The molecule has 8 aromatic rings. The van der Waals surface area contributed by atoms with E-state index in [2.05, 4.69) is 198 Å². The predicted octanol–water partition coefficient (Wildman–Crippen LogP) is 14.9. The molecule has 10 rings (SSSR count). The van der Waals surface area contributed by atoms with Gasteiger partial charge in [-0.25, -0.2) is 9.97 Å². The van der Waals surface area contributed by atoms with Crippen LogP contribution in [-0.4, -0.2) is 9.97 Å². The minimum atomic E-state index is -0.351. The third-order valence-electron chi connectivity index (χ3n) is 12.2. The zero-order valence-corrected chi connectivity index (χ0v) is 34.5. The number of halogens is 1. The van der Waals surface area contributed by atoms with Crippen molar-refractivity contribution in [3.8, 4) is 67.3 Å². The van der Waals surface area contributed by atoms with Crippen molar-refractivity contribution in [1.29, 1.82) is 0 Å². The Morgan fingerprint density at radius 1 is 0.448 bits per heavy atom. The first-order valence-electron chi connectivity index (χ1n) is 19.7. The molecule has 2 aliphatic rings. The number of fused-ring (bicyclic) bond motifs is 4. The number of benzene rings is 7. The molecule has 0 saturated heterocycles. The molecule has 0 N–H and O–H groups in total.